The van der Waals surface area contributed by atoms with Crippen molar-refractivity contribution in [2.75, 3.05) is 13.1 Å². The monoisotopic (exact) mass is 281 g/mol. The van der Waals surface area contributed by atoms with E-state index in [9.17, 15) is 4.79 Å². The molecular formula is C17H31NO2. The van der Waals surface area contributed by atoms with Crippen molar-refractivity contribution < 1.29 is 9.90 Å². The molecule has 3 heteroatoms. The van der Waals surface area contributed by atoms with Gasteiger partial charge in [-0.05, 0) is 62.3 Å². The average molecular weight is 281 g/mol. The first kappa shape index (κ1) is 15.8. The van der Waals surface area contributed by atoms with Crippen molar-refractivity contribution >= 4 is 5.97 Å². The van der Waals surface area contributed by atoms with Gasteiger partial charge in [-0.25, -0.2) is 0 Å². The van der Waals surface area contributed by atoms with Crippen molar-refractivity contribution in [2.45, 2.75) is 71.8 Å². The minimum atomic E-state index is -0.640. The number of nitrogens with zero attached hydrogens (tertiary/aromatic N) is 1. The molecule has 1 aliphatic heterocycles. The van der Waals surface area contributed by atoms with Crippen LogP contribution in [0.3, 0.4) is 0 Å². The summed E-state index contributed by atoms with van der Waals surface area (Å²) in [6.07, 6.45) is 7.95. The second kappa shape index (κ2) is 6.46. The molecule has 2 fully saturated rings. The van der Waals surface area contributed by atoms with E-state index in [0.29, 0.717) is 17.9 Å². The lowest BCUT2D eigenvalue weighted by Gasteiger charge is -2.38. The van der Waals surface area contributed by atoms with Crippen LogP contribution < -0.4 is 0 Å². The van der Waals surface area contributed by atoms with E-state index in [0.717, 1.165) is 31.3 Å². The molecule has 0 bridgehead atoms. The van der Waals surface area contributed by atoms with Crippen molar-refractivity contribution in [3.8, 4) is 0 Å². The van der Waals surface area contributed by atoms with Crippen LogP contribution in [0.4, 0.5) is 0 Å². The minimum Gasteiger partial charge on any atom is -0.481 e. The lowest BCUT2D eigenvalue weighted by Crippen LogP contribution is -2.37. The van der Waals surface area contributed by atoms with Crippen molar-refractivity contribution in [3.05, 3.63) is 0 Å². The number of carbonyl (C=O) groups is 1. The van der Waals surface area contributed by atoms with Gasteiger partial charge >= 0.3 is 5.97 Å². The Morgan fingerprint density at radius 2 is 1.80 bits per heavy atom. The maximum absolute atomic E-state index is 10.9. The van der Waals surface area contributed by atoms with Crippen molar-refractivity contribution in [1.29, 1.82) is 0 Å². The molecule has 1 saturated carbocycles. The molecule has 1 saturated heterocycles. The van der Waals surface area contributed by atoms with Crippen LogP contribution in [0.25, 0.3) is 0 Å². The maximum Gasteiger partial charge on any atom is 0.304 e. The summed E-state index contributed by atoms with van der Waals surface area (Å²) in [6, 6.07) is 0.299. The fourth-order valence-electron chi connectivity index (χ4n) is 4.11. The molecular weight excluding hydrogens is 250 g/mol. The highest BCUT2D eigenvalue weighted by Gasteiger charge is 2.33. The Labute approximate surface area is 123 Å². The summed E-state index contributed by atoms with van der Waals surface area (Å²) in [5.74, 6) is 1.02. The van der Waals surface area contributed by atoms with Gasteiger partial charge in [-0.2, -0.15) is 0 Å². The number of carboxylic acids is 1. The number of hydrogen-bond acceptors (Lipinski definition) is 2. The van der Waals surface area contributed by atoms with Gasteiger partial charge in [0.1, 0.15) is 0 Å². The molecule has 0 aromatic carbocycles. The van der Waals surface area contributed by atoms with Crippen LogP contribution in [0.5, 0.6) is 0 Å². The molecule has 2 rings (SSSR count). The Morgan fingerprint density at radius 3 is 2.35 bits per heavy atom. The number of likely N-dealkylation sites (tertiary alicyclic amines) is 1. The van der Waals surface area contributed by atoms with Crippen LogP contribution in [-0.2, 0) is 4.79 Å². The second-order valence-electron chi connectivity index (χ2n) is 7.97. The highest BCUT2D eigenvalue weighted by molar-refractivity contribution is 5.67. The molecule has 116 valence electrons. The van der Waals surface area contributed by atoms with Crippen molar-refractivity contribution in [2.24, 2.45) is 17.3 Å². The van der Waals surface area contributed by atoms with Crippen LogP contribution in [0.15, 0.2) is 0 Å². The third-order valence-corrected chi connectivity index (χ3v) is 5.47. The first-order valence-corrected chi connectivity index (χ1v) is 8.32. The zero-order valence-electron chi connectivity index (χ0n) is 13.4. The lowest BCUT2D eigenvalue weighted by molar-refractivity contribution is -0.138. The van der Waals surface area contributed by atoms with E-state index in [1.807, 2.05) is 0 Å². The van der Waals surface area contributed by atoms with Gasteiger partial charge in [0.15, 0.2) is 0 Å². The van der Waals surface area contributed by atoms with E-state index in [2.05, 4.69) is 25.7 Å². The van der Waals surface area contributed by atoms with E-state index in [1.54, 1.807) is 0 Å². The van der Waals surface area contributed by atoms with Crippen molar-refractivity contribution in [1.82, 2.24) is 4.90 Å². The third kappa shape index (κ3) is 4.21. The van der Waals surface area contributed by atoms with E-state index >= 15 is 0 Å². The van der Waals surface area contributed by atoms with Gasteiger partial charge in [-0.15, -0.1) is 0 Å². The first-order valence-electron chi connectivity index (χ1n) is 8.32. The lowest BCUT2D eigenvalue weighted by atomic mass is 9.70. The Bertz CT molecular complexity index is 326. The summed E-state index contributed by atoms with van der Waals surface area (Å²) in [7, 11) is 0. The molecule has 0 aromatic rings. The molecule has 1 atom stereocenters. The number of hydrogen-bond donors (Lipinski definition) is 1. The van der Waals surface area contributed by atoms with Crippen LogP contribution in [0.1, 0.15) is 65.7 Å². The van der Waals surface area contributed by atoms with Crippen LogP contribution in [0.2, 0.25) is 0 Å². The van der Waals surface area contributed by atoms with E-state index in [1.165, 1.54) is 32.1 Å². The van der Waals surface area contributed by atoms with E-state index in [-0.39, 0.29) is 0 Å². The summed E-state index contributed by atoms with van der Waals surface area (Å²) >= 11 is 0. The Hall–Kier alpha value is -0.570. The molecule has 20 heavy (non-hydrogen) atoms. The molecule has 1 unspecified atom stereocenters. The second-order valence-corrected chi connectivity index (χ2v) is 7.97. The zero-order valence-corrected chi connectivity index (χ0v) is 13.4. The molecule has 3 nitrogen and oxygen atoms in total. The topological polar surface area (TPSA) is 40.5 Å². The Kier molecular flexibility index (Phi) is 5.11. The molecule has 0 aromatic heterocycles. The molecule has 1 heterocycles. The molecule has 0 spiro atoms. The number of carboxylic acid groups (broad SMARTS) is 1. The molecule has 2 aliphatic rings. The Morgan fingerprint density at radius 1 is 1.15 bits per heavy atom. The standard InChI is InChI=1S/C17H31NO2/c1-17(2,3)14-8-6-13(7-9-14)12-18-10-4-5-15(18)11-16(19)20/h13-15H,4-12H2,1-3H3,(H,19,20). The van der Waals surface area contributed by atoms with Gasteiger partial charge in [-0.3, -0.25) is 9.69 Å². The van der Waals surface area contributed by atoms with Crippen LogP contribution >= 0.6 is 0 Å². The van der Waals surface area contributed by atoms with Crippen LogP contribution in [-0.4, -0.2) is 35.1 Å². The van der Waals surface area contributed by atoms with Gasteiger partial charge in [0.05, 0.1) is 6.42 Å². The molecule has 0 radical (unpaired) electrons. The fraction of sp³-hybridized carbons (Fsp3) is 0.941. The normalized spacial score (nSPS) is 32.5. The zero-order chi connectivity index (χ0) is 14.8. The highest BCUT2D eigenvalue weighted by Crippen LogP contribution is 2.40. The third-order valence-electron chi connectivity index (χ3n) is 5.47. The Balaban J connectivity index is 1.79. The van der Waals surface area contributed by atoms with Crippen LogP contribution in [0, 0.1) is 17.3 Å². The van der Waals surface area contributed by atoms with Gasteiger partial charge in [0.25, 0.3) is 0 Å². The van der Waals surface area contributed by atoms with E-state index < -0.39 is 5.97 Å². The van der Waals surface area contributed by atoms with Gasteiger partial charge in [0, 0.05) is 12.6 Å². The number of rotatable bonds is 4. The summed E-state index contributed by atoms with van der Waals surface area (Å²) in [4.78, 5) is 13.4. The smallest absolute Gasteiger partial charge is 0.304 e. The van der Waals surface area contributed by atoms with E-state index in [4.69, 9.17) is 5.11 Å². The number of aliphatic carboxylic acids is 1. The summed E-state index contributed by atoms with van der Waals surface area (Å²) in [6.45, 7) is 9.33. The highest BCUT2D eigenvalue weighted by atomic mass is 16.4. The van der Waals surface area contributed by atoms with Gasteiger partial charge in [-0.1, -0.05) is 20.8 Å². The predicted molar refractivity (Wildman–Crippen MR) is 81.8 cm³/mol. The average Bonchev–Trinajstić information content (AvgIpc) is 2.75. The maximum atomic E-state index is 10.9. The summed E-state index contributed by atoms with van der Waals surface area (Å²) in [5.41, 5.74) is 0.449. The molecule has 1 N–H and O–H groups in total. The largest absolute Gasteiger partial charge is 0.481 e. The SMILES string of the molecule is CC(C)(C)C1CCC(CN2CCCC2CC(=O)O)CC1. The minimum absolute atomic E-state index is 0.299. The first-order chi connectivity index (χ1) is 9.36. The predicted octanol–water partition coefficient (Wildman–Crippen LogP) is 3.78. The van der Waals surface area contributed by atoms with Crippen molar-refractivity contribution in [3.63, 3.8) is 0 Å². The molecule has 0 amide bonds. The van der Waals surface area contributed by atoms with Gasteiger partial charge in [0.2, 0.25) is 0 Å². The summed E-state index contributed by atoms with van der Waals surface area (Å²) < 4.78 is 0. The van der Waals surface area contributed by atoms with Gasteiger partial charge < -0.3 is 5.11 Å². The molecule has 1 aliphatic carbocycles. The fourth-order valence-corrected chi connectivity index (χ4v) is 4.11. The quantitative estimate of drug-likeness (QED) is 0.852. The summed E-state index contributed by atoms with van der Waals surface area (Å²) in [5, 5.41) is 9.00.